The Balaban J connectivity index is 1.71. The van der Waals surface area contributed by atoms with Crippen LogP contribution < -0.4 is 10.6 Å². The molecule has 0 aliphatic carbocycles. The molecule has 0 bridgehead atoms. The number of rotatable bonds is 10. The van der Waals surface area contributed by atoms with E-state index in [-0.39, 0.29) is 17.7 Å². The molecule has 4 heterocycles. The molecule has 1 atom stereocenters. The monoisotopic (exact) mass is 478 g/mol. The van der Waals surface area contributed by atoms with E-state index in [0.717, 1.165) is 18.7 Å². The summed E-state index contributed by atoms with van der Waals surface area (Å²) in [7, 11) is 1.32. The van der Waals surface area contributed by atoms with Crippen molar-refractivity contribution in [3.05, 3.63) is 60.6 Å². The number of carbonyl (C=O) groups excluding carboxylic acids is 2. The second-order valence-corrected chi connectivity index (χ2v) is 8.88. The molecule has 0 saturated heterocycles. The quantitative estimate of drug-likeness (QED) is 0.324. The Kier molecular flexibility index (Phi) is 7.19. The summed E-state index contributed by atoms with van der Waals surface area (Å²) in [5.74, 6) is -0.708. The van der Waals surface area contributed by atoms with Gasteiger partial charge in [0.1, 0.15) is 11.9 Å². The lowest BCUT2D eigenvalue weighted by Gasteiger charge is -2.15. The molecule has 35 heavy (non-hydrogen) atoms. The number of nitrogens with one attached hydrogen (secondary N) is 2. The van der Waals surface area contributed by atoms with Crippen molar-refractivity contribution in [3.8, 4) is 0 Å². The van der Waals surface area contributed by atoms with E-state index in [1.807, 2.05) is 41.4 Å². The van der Waals surface area contributed by atoms with Crippen LogP contribution in [-0.4, -0.2) is 44.4 Å². The number of hydrogen-bond acceptors (Lipinski definition) is 7. The van der Waals surface area contributed by atoms with Gasteiger partial charge in [0, 0.05) is 36.9 Å². The molecule has 10 heteroatoms. The van der Waals surface area contributed by atoms with Crippen molar-refractivity contribution in [2.75, 3.05) is 17.7 Å². The van der Waals surface area contributed by atoms with Crippen LogP contribution in [-0.2, 0) is 17.8 Å². The first-order valence-corrected chi connectivity index (χ1v) is 11.6. The minimum Gasteiger partial charge on any atom is -0.472 e. The van der Waals surface area contributed by atoms with Gasteiger partial charge in [-0.1, -0.05) is 13.8 Å². The molecule has 0 spiro atoms. The van der Waals surface area contributed by atoms with Crippen LogP contribution in [0.15, 0.2) is 53.7 Å². The maximum atomic E-state index is 12.9. The van der Waals surface area contributed by atoms with Crippen molar-refractivity contribution in [1.82, 2.24) is 19.3 Å². The predicted molar refractivity (Wildman–Crippen MR) is 133 cm³/mol. The molecule has 0 fully saturated rings. The molecule has 0 radical (unpaired) electrons. The van der Waals surface area contributed by atoms with Crippen molar-refractivity contribution in [2.24, 2.45) is 5.92 Å². The number of amides is 1. The Morgan fingerprint density at radius 2 is 2.09 bits per heavy atom. The van der Waals surface area contributed by atoms with E-state index in [9.17, 15) is 9.59 Å². The summed E-state index contributed by atoms with van der Waals surface area (Å²) in [5, 5.41) is 11.2. The highest BCUT2D eigenvalue weighted by atomic mass is 16.5. The minimum absolute atomic E-state index is 0.139. The number of anilines is 2. The van der Waals surface area contributed by atoms with Crippen LogP contribution in [0.4, 0.5) is 11.4 Å². The summed E-state index contributed by atoms with van der Waals surface area (Å²) >= 11 is 0. The highest BCUT2D eigenvalue weighted by molar-refractivity contribution is 6.14. The third-order valence-electron chi connectivity index (χ3n) is 5.61. The number of methoxy groups -OCH3 is 1. The highest BCUT2D eigenvalue weighted by Crippen LogP contribution is 2.34. The zero-order valence-electron chi connectivity index (χ0n) is 20.3. The van der Waals surface area contributed by atoms with Gasteiger partial charge in [-0.3, -0.25) is 9.48 Å². The fraction of sp³-hybridized carbons (Fsp3) is 0.360. The van der Waals surface area contributed by atoms with E-state index in [4.69, 9.17) is 9.15 Å². The van der Waals surface area contributed by atoms with Gasteiger partial charge in [-0.05, 0) is 37.5 Å². The Morgan fingerprint density at radius 3 is 2.74 bits per heavy atom. The Labute approximate surface area is 203 Å². The highest BCUT2D eigenvalue weighted by Gasteiger charge is 2.27. The molecule has 4 aromatic heterocycles. The molecule has 10 nitrogen and oxygen atoms in total. The van der Waals surface area contributed by atoms with Crippen molar-refractivity contribution in [3.63, 3.8) is 0 Å². The Morgan fingerprint density at radius 1 is 1.26 bits per heavy atom. The number of ether oxygens (including phenoxy) is 1. The molecule has 4 aromatic rings. The third kappa shape index (κ3) is 5.37. The van der Waals surface area contributed by atoms with Gasteiger partial charge in [-0.25, -0.2) is 9.78 Å². The number of aryl methyl sites for hydroxylation is 1. The fourth-order valence-corrected chi connectivity index (χ4v) is 3.98. The summed E-state index contributed by atoms with van der Waals surface area (Å²) < 4.78 is 13.8. The van der Waals surface area contributed by atoms with Crippen molar-refractivity contribution in [2.45, 2.75) is 46.3 Å². The lowest BCUT2D eigenvalue weighted by molar-refractivity contribution is 0.0589. The summed E-state index contributed by atoms with van der Waals surface area (Å²) in [6.45, 7) is 7.49. The molecule has 0 unspecified atom stereocenters. The van der Waals surface area contributed by atoms with Crippen molar-refractivity contribution >= 4 is 34.3 Å². The first kappa shape index (κ1) is 24.1. The summed E-state index contributed by atoms with van der Waals surface area (Å²) in [6.07, 6.45) is 9.06. The summed E-state index contributed by atoms with van der Waals surface area (Å²) in [6, 6.07) is 5.50. The van der Waals surface area contributed by atoms with Crippen LogP contribution in [0.5, 0.6) is 0 Å². The standard InChI is InChI=1S/C25H30N6O4/c1-16(2)14-31-22(25(33)34-4)21(29-24(32)18-7-11-35-15-18)20-12-19(13-26-23(20)31)28-17(3)6-10-30-9-5-8-27-30/h5,7-9,11-13,15-17,28H,6,10,14H2,1-4H3,(H,29,32)/t17-/m0/s1. The second-order valence-electron chi connectivity index (χ2n) is 8.88. The summed E-state index contributed by atoms with van der Waals surface area (Å²) in [4.78, 5) is 30.4. The number of esters is 1. The van der Waals surface area contributed by atoms with Gasteiger partial charge in [0.05, 0.1) is 36.5 Å². The zero-order valence-corrected chi connectivity index (χ0v) is 20.3. The normalized spacial score (nSPS) is 12.1. The van der Waals surface area contributed by atoms with Crippen LogP contribution >= 0.6 is 0 Å². The Hall–Kier alpha value is -4.08. The van der Waals surface area contributed by atoms with Gasteiger partial charge in [0.2, 0.25) is 0 Å². The van der Waals surface area contributed by atoms with Crippen LogP contribution in [0.1, 0.15) is 48.0 Å². The largest absolute Gasteiger partial charge is 0.472 e. The first-order valence-electron chi connectivity index (χ1n) is 11.6. The predicted octanol–water partition coefficient (Wildman–Crippen LogP) is 4.41. The lowest BCUT2D eigenvalue weighted by atomic mass is 10.2. The van der Waals surface area contributed by atoms with Gasteiger partial charge >= 0.3 is 5.97 Å². The first-order chi connectivity index (χ1) is 16.9. The number of hydrogen-bond donors (Lipinski definition) is 2. The number of carbonyl (C=O) groups is 2. The van der Waals surface area contributed by atoms with E-state index in [1.54, 1.807) is 18.5 Å². The lowest BCUT2D eigenvalue weighted by Crippen LogP contribution is -2.18. The van der Waals surface area contributed by atoms with E-state index in [2.05, 4.69) is 27.6 Å². The van der Waals surface area contributed by atoms with Crippen LogP contribution in [0.2, 0.25) is 0 Å². The van der Waals surface area contributed by atoms with Gasteiger partial charge in [0.25, 0.3) is 5.91 Å². The van der Waals surface area contributed by atoms with Crippen LogP contribution in [0.3, 0.4) is 0 Å². The van der Waals surface area contributed by atoms with Gasteiger partial charge < -0.3 is 24.4 Å². The maximum absolute atomic E-state index is 12.9. The van der Waals surface area contributed by atoms with E-state index in [0.29, 0.717) is 28.8 Å². The van der Waals surface area contributed by atoms with Crippen LogP contribution in [0, 0.1) is 5.92 Å². The second kappa shape index (κ2) is 10.5. The molecule has 1 amide bonds. The number of aromatic nitrogens is 4. The molecule has 0 aliphatic heterocycles. The van der Waals surface area contributed by atoms with Crippen molar-refractivity contribution in [1.29, 1.82) is 0 Å². The molecular formula is C25H30N6O4. The van der Waals surface area contributed by atoms with E-state index < -0.39 is 11.9 Å². The van der Waals surface area contributed by atoms with E-state index >= 15 is 0 Å². The van der Waals surface area contributed by atoms with E-state index in [1.165, 1.54) is 19.6 Å². The molecule has 2 N–H and O–H groups in total. The minimum atomic E-state index is -0.548. The molecule has 0 saturated carbocycles. The number of pyridine rings is 1. The molecular weight excluding hydrogens is 448 g/mol. The average molecular weight is 479 g/mol. The van der Waals surface area contributed by atoms with Gasteiger partial charge in [0.15, 0.2) is 5.69 Å². The number of fused-ring (bicyclic) bond motifs is 1. The SMILES string of the molecule is COC(=O)c1c(NC(=O)c2ccoc2)c2cc(N[C@@H](C)CCn3cccn3)cnc2n1CC(C)C. The average Bonchev–Trinajstić information content (AvgIpc) is 3.59. The molecule has 0 aromatic carbocycles. The Bertz CT molecular complexity index is 1290. The molecule has 0 aliphatic rings. The van der Waals surface area contributed by atoms with Gasteiger partial charge in [-0.2, -0.15) is 5.10 Å². The molecule has 184 valence electrons. The third-order valence-corrected chi connectivity index (χ3v) is 5.61. The number of furan rings is 1. The zero-order chi connectivity index (χ0) is 24.9. The van der Waals surface area contributed by atoms with Gasteiger partial charge in [-0.15, -0.1) is 0 Å². The maximum Gasteiger partial charge on any atom is 0.356 e. The summed E-state index contributed by atoms with van der Waals surface area (Å²) in [5.41, 5.74) is 2.34. The molecule has 4 rings (SSSR count). The fourth-order valence-electron chi connectivity index (χ4n) is 3.98. The van der Waals surface area contributed by atoms with Crippen molar-refractivity contribution < 1.29 is 18.7 Å². The smallest absolute Gasteiger partial charge is 0.356 e. The van der Waals surface area contributed by atoms with Crippen LogP contribution in [0.25, 0.3) is 11.0 Å². The topological polar surface area (TPSA) is 116 Å². The number of nitrogens with zero attached hydrogens (tertiary/aromatic N) is 4.